The van der Waals surface area contributed by atoms with Crippen molar-refractivity contribution in [2.45, 2.75) is 88.9 Å². The van der Waals surface area contributed by atoms with Gasteiger partial charge < -0.3 is 63.9 Å². The molecule has 0 saturated carbocycles. The first-order chi connectivity index (χ1) is 41.7. The number of aromatic nitrogens is 4. The molecule has 12 rings (SSSR count). The maximum atomic E-state index is 13.1. The van der Waals surface area contributed by atoms with Crippen LogP contribution in [0.2, 0.25) is 0 Å². The molecule has 0 bridgehead atoms. The summed E-state index contributed by atoms with van der Waals surface area (Å²) in [6.07, 6.45) is 15.4. The third-order valence-corrected chi connectivity index (χ3v) is 17.9. The summed E-state index contributed by atoms with van der Waals surface area (Å²) < 4.78 is 23.6. The Kier molecular flexibility index (Phi) is 19.8. The van der Waals surface area contributed by atoms with E-state index in [9.17, 15) is 14.4 Å². The summed E-state index contributed by atoms with van der Waals surface area (Å²) in [7, 11) is 5.48. The smallest absolute Gasteiger partial charge is 0.321 e. The number of anilines is 4. The van der Waals surface area contributed by atoms with Crippen molar-refractivity contribution in [2.75, 3.05) is 153 Å². The van der Waals surface area contributed by atoms with Gasteiger partial charge in [-0.2, -0.15) is 0 Å². The maximum Gasteiger partial charge on any atom is 0.321 e. The average Bonchev–Trinajstić information content (AvgIpc) is 3.61. The fourth-order valence-corrected chi connectivity index (χ4v) is 12.9. The van der Waals surface area contributed by atoms with Crippen LogP contribution in [0.1, 0.15) is 100 Å². The molecule has 0 radical (unpaired) electrons. The Morgan fingerprint density at radius 2 is 0.988 bits per heavy atom. The summed E-state index contributed by atoms with van der Waals surface area (Å²) in [5.74, 6) is 3.29. The number of hydrogen-bond acceptors (Lipinski definition) is 15. The first kappa shape index (κ1) is 59.0. The van der Waals surface area contributed by atoms with Gasteiger partial charge in [0.2, 0.25) is 5.91 Å². The Hall–Kier alpha value is -7.71. The third kappa shape index (κ3) is 14.9. The van der Waals surface area contributed by atoms with E-state index in [-0.39, 0.29) is 29.8 Å². The van der Waals surface area contributed by atoms with Crippen molar-refractivity contribution in [3.8, 4) is 23.0 Å². The van der Waals surface area contributed by atoms with Gasteiger partial charge in [-0.25, -0.2) is 29.5 Å². The van der Waals surface area contributed by atoms with Crippen LogP contribution in [-0.2, 0) is 4.79 Å². The number of piperidine rings is 3. The van der Waals surface area contributed by atoms with Gasteiger partial charge in [0, 0.05) is 156 Å². The zero-order chi connectivity index (χ0) is 58.5. The number of carbonyl (C=O) groups is 3. The summed E-state index contributed by atoms with van der Waals surface area (Å²) in [4.78, 5) is 71.7. The molecule has 8 heterocycles. The van der Waals surface area contributed by atoms with E-state index in [1.165, 1.54) is 43.5 Å². The maximum absolute atomic E-state index is 13.1. The van der Waals surface area contributed by atoms with Crippen LogP contribution in [0.3, 0.4) is 0 Å². The van der Waals surface area contributed by atoms with Crippen molar-refractivity contribution in [1.82, 2.24) is 44.4 Å². The molecule has 6 aliphatic rings. The van der Waals surface area contributed by atoms with E-state index in [2.05, 4.69) is 76.5 Å². The number of likely N-dealkylation sites (N-methyl/N-ethyl adjacent to an activating group) is 1. The molecule has 20 nitrogen and oxygen atoms in total. The van der Waals surface area contributed by atoms with Gasteiger partial charge in [-0.05, 0) is 138 Å². The molecule has 0 atom stereocenters. The molecule has 4 aromatic carbocycles. The lowest BCUT2D eigenvalue weighted by molar-refractivity contribution is -0.128. The molecule has 0 unspecified atom stereocenters. The van der Waals surface area contributed by atoms with Crippen LogP contribution < -0.4 is 39.4 Å². The molecular weight excluding hydrogens is 1070 g/mol. The Bertz CT molecular complexity index is 3190. The van der Waals surface area contributed by atoms with Crippen LogP contribution in [0.15, 0.2) is 85.5 Å². The molecule has 6 aromatic rings. The van der Waals surface area contributed by atoms with E-state index >= 15 is 0 Å². The molecular formula is C65H85N13O7. The van der Waals surface area contributed by atoms with Gasteiger partial charge in [-0.1, -0.05) is 0 Å². The van der Waals surface area contributed by atoms with E-state index < -0.39 is 0 Å². The van der Waals surface area contributed by atoms with Crippen molar-refractivity contribution in [1.29, 1.82) is 0 Å². The van der Waals surface area contributed by atoms with Crippen molar-refractivity contribution in [2.24, 2.45) is 0 Å². The second-order valence-corrected chi connectivity index (χ2v) is 23.5. The molecule has 2 aromatic heterocycles. The number of carbonyl (C=O) groups excluding carboxylic acids is 3. The number of benzene rings is 4. The fourth-order valence-electron chi connectivity index (χ4n) is 12.9. The van der Waals surface area contributed by atoms with E-state index in [0.29, 0.717) is 69.6 Å². The zero-order valence-electron chi connectivity index (χ0n) is 50.0. The second kappa shape index (κ2) is 28.5. The second-order valence-electron chi connectivity index (χ2n) is 23.5. The quantitative estimate of drug-likeness (QED) is 0.0822. The number of likely N-dealkylation sites (tertiary alicyclic amines) is 3. The van der Waals surface area contributed by atoms with E-state index in [1.807, 2.05) is 63.2 Å². The number of rotatable bonds is 17. The summed E-state index contributed by atoms with van der Waals surface area (Å²) in [5, 5.41) is 8.09. The van der Waals surface area contributed by atoms with Crippen molar-refractivity contribution < 1.29 is 33.3 Å². The van der Waals surface area contributed by atoms with Gasteiger partial charge in [0.25, 0.3) is 0 Å². The molecule has 85 heavy (non-hydrogen) atoms. The largest absolute Gasteiger partial charge is 0.493 e. The van der Waals surface area contributed by atoms with Crippen LogP contribution in [-0.4, -0.2) is 195 Å². The van der Waals surface area contributed by atoms with Crippen molar-refractivity contribution in [3.63, 3.8) is 0 Å². The lowest BCUT2D eigenvalue weighted by Crippen LogP contribution is -2.44. The predicted molar refractivity (Wildman–Crippen MR) is 333 cm³/mol. The number of fused-ring (bicyclic) bond motifs is 2. The minimum absolute atomic E-state index is 0.0437. The summed E-state index contributed by atoms with van der Waals surface area (Å²) in [6.45, 7) is 15.0. The number of methoxy groups -OCH3 is 2. The number of amides is 5. The molecule has 6 saturated heterocycles. The molecule has 452 valence electrons. The predicted octanol–water partition coefficient (Wildman–Crippen LogP) is 9.71. The Labute approximate surface area is 500 Å². The summed E-state index contributed by atoms with van der Waals surface area (Å²) >= 11 is 0. The van der Waals surface area contributed by atoms with E-state index in [1.54, 1.807) is 26.9 Å². The van der Waals surface area contributed by atoms with Gasteiger partial charge in [0.05, 0.1) is 49.8 Å². The molecule has 2 N–H and O–H groups in total. The Balaban J connectivity index is 0.000000177. The van der Waals surface area contributed by atoms with Crippen LogP contribution in [0.25, 0.3) is 21.8 Å². The minimum atomic E-state index is -0.0657. The van der Waals surface area contributed by atoms with E-state index in [4.69, 9.17) is 23.9 Å². The number of piperazine rings is 1. The highest BCUT2D eigenvalue weighted by Gasteiger charge is 2.30. The van der Waals surface area contributed by atoms with Gasteiger partial charge in [-0.3, -0.25) is 4.79 Å². The molecule has 0 aliphatic carbocycles. The van der Waals surface area contributed by atoms with Crippen molar-refractivity contribution >= 4 is 62.5 Å². The highest BCUT2D eigenvalue weighted by molar-refractivity contribution is 5.91. The standard InChI is InChI=1S/C34H47N7O3.C31H38N6O4/c1-38-18-20-39(21-19-38)13-6-22-44-32-24-30-29(23-31(32)43-2)33(36-25-35-30)26-11-16-41(17-12-26)34(42)37-27-7-9-28(10-8-27)40-14-4-3-5-15-40;1-40-27-19-25-26(20-28(27)41-18-17-36-14-4-5-29(36)38)32-21-33-30(25)22-10-15-37(16-11-22)31(39)34-23-6-8-24(9-7-23)35-12-2-3-13-35/h7-10,23-26H,3-6,11-22H2,1-2H3,(H,37,42);6-9,19-22H,2-5,10-18H2,1H3,(H,34,39). The highest BCUT2D eigenvalue weighted by Crippen LogP contribution is 2.39. The molecule has 6 fully saturated rings. The van der Waals surface area contributed by atoms with Crippen LogP contribution in [0.4, 0.5) is 32.3 Å². The zero-order valence-corrected chi connectivity index (χ0v) is 50.0. The normalized spacial score (nSPS) is 18.4. The highest BCUT2D eigenvalue weighted by atomic mass is 16.5. The molecule has 0 spiro atoms. The topological polar surface area (TPSA) is 186 Å². The van der Waals surface area contributed by atoms with Gasteiger partial charge in [-0.15, -0.1) is 0 Å². The van der Waals surface area contributed by atoms with Gasteiger partial charge >= 0.3 is 12.1 Å². The lowest BCUT2D eigenvalue weighted by atomic mass is 9.91. The van der Waals surface area contributed by atoms with Crippen molar-refractivity contribution in [3.05, 3.63) is 96.8 Å². The minimum Gasteiger partial charge on any atom is -0.493 e. The molecule has 6 aliphatic heterocycles. The molecule has 5 amide bonds. The van der Waals surface area contributed by atoms with E-state index in [0.717, 1.165) is 154 Å². The Morgan fingerprint density at radius 3 is 1.45 bits per heavy atom. The van der Waals surface area contributed by atoms with Crippen LogP contribution in [0.5, 0.6) is 23.0 Å². The SMILES string of the molecule is COc1cc2c(C3CCN(C(=O)Nc4ccc(N5CCCC5)cc4)CC3)ncnc2cc1OCCN1CCCC1=O.COc1cc2c(C3CCN(C(=O)Nc4ccc(N5CCCCC5)cc4)CC3)ncnc2cc1OCCCN1CCN(C)CC1. The monoisotopic (exact) mass is 1160 g/mol. The fraction of sp³-hybridized carbons (Fsp3) is 0.523. The first-order valence-corrected chi connectivity index (χ1v) is 31.1. The Morgan fingerprint density at radius 1 is 0.518 bits per heavy atom. The number of urea groups is 2. The first-order valence-electron chi connectivity index (χ1n) is 31.1. The number of hydrogen-bond donors (Lipinski definition) is 2. The number of nitrogens with zero attached hydrogens (tertiary/aromatic N) is 11. The average molecular weight is 1160 g/mol. The van der Waals surface area contributed by atoms with Gasteiger partial charge in [0.15, 0.2) is 23.0 Å². The third-order valence-electron chi connectivity index (χ3n) is 17.9. The number of ether oxygens (including phenoxy) is 4. The number of nitrogens with one attached hydrogen (secondary N) is 2. The van der Waals surface area contributed by atoms with Gasteiger partial charge in [0.1, 0.15) is 19.3 Å². The van der Waals surface area contributed by atoms with Crippen LogP contribution in [0, 0.1) is 0 Å². The summed E-state index contributed by atoms with van der Waals surface area (Å²) in [6, 6.07) is 24.2. The van der Waals surface area contributed by atoms with Crippen LogP contribution >= 0.6 is 0 Å². The molecule has 20 heteroatoms. The lowest BCUT2D eigenvalue weighted by Gasteiger charge is -2.32. The summed E-state index contributed by atoms with van der Waals surface area (Å²) in [5.41, 5.74) is 7.74.